The maximum atomic E-state index is 2.46. The van der Waals surface area contributed by atoms with Crippen LogP contribution in [-0.2, 0) is 5.41 Å². The third-order valence-corrected chi connectivity index (χ3v) is 11.6. The summed E-state index contributed by atoms with van der Waals surface area (Å²) >= 11 is 0. The van der Waals surface area contributed by atoms with E-state index in [9.17, 15) is 0 Å². The van der Waals surface area contributed by atoms with E-state index in [0.717, 1.165) is 0 Å². The van der Waals surface area contributed by atoms with Crippen LogP contribution < -0.4 is 0 Å². The minimum Gasteiger partial charge on any atom is -0.309 e. The first-order chi connectivity index (χ1) is 24.6. The molecular weight excluding hydrogens is 603 g/mol. The number of aromatic nitrogens is 1. The van der Waals surface area contributed by atoms with E-state index in [0.29, 0.717) is 0 Å². The van der Waals surface area contributed by atoms with Crippen molar-refractivity contribution < 1.29 is 0 Å². The lowest BCUT2D eigenvalue weighted by molar-refractivity contribution is 0.660. The van der Waals surface area contributed by atoms with Gasteiger partial charge in [0.2, 0.25) is 0 Å². The molecule has 0 bridgehead atoms. The van der Waals surface area contributed by atoms with Gasteiger partial charge in [0, 0.05) is 21.9 Å². The Labute approximate surface area is 291 Å². The Morgan fingerprint density at radius 1 is 0.360 bits per heavy atom. The monoisotopic (exact) mass is 635 g/mol. The zero-order valence-corrected chi connectivity index (χ0v) is 28.0. The number of nitrogens with zero attached hydrogens (tertiary/aromatic N) is 1. The van der Waals surface area contributed by atoms with E-state index in [1.807, 2.05) is 0 Å². The molecule has 2 aliphatic rings. The highest BCUT2D eigenvalue weighted by atomic mass is 15.0. The van der Waals surface area contributed by atoms with Gasteiger partial charge in [-0.05, 0) is 114 Å². The third kappa shape index (κ3) is 3.62. The molecule has 0 radical (unpaired) electrons. The van der Waals surface area contributed by atoms with E-state index in [1.165, 1.54) is 105 Å². The first-order valence-electron chi connectivity index (χ1n) is 17.6. The van der Waals surface area contributed by atoms with Gasteiger partial charge in [0.15, 0.2) is 0 Å². The minimum atomic E-state index is -0.0826. The van der Waals surface area contributed by atoms with E-state index in [4.69, 9.17) is 0 Å². The summed E-state index contributed by atoms with van der Waals surface area (Å²) in [6.45, 7) is 4.75. The molecule has 0 atom stereocenters. The highest BCUT2D eigenvalue weighted by Gasteiger charge is 2.36. The summed E-state index contributed by atoms with van der Waals surface area (Å²) in [5.74, 6) is 0. The van der Waals surface area contributed by atoms with Crippen molar-refractivity contribution in [3.8, 4) is 61.3 Å². The number of hydrogen-bond donors (Lipinski definition) is 0. The van der Waals surface area contributed by atoms with Gasteiger partial charge in [-0.2, -0.15) is 0 Å². The molecule has 0 saturated heterocycles. The smallest absolute Gasteiger partial charge is 0.0547 e. The van der Waals surface area contributed by atoms with Crippen molar-refractivity contribution in [3.05, 3.63) is 175 Å². The van der Waals surface area contributed by atoms with Gasteiger partial charge in [-0.25, -0.2) is 0 Å². The average molecular weight is 636 g/mol. The molecule has 0 saturated carbocycles. The van der Waals surface area contributed by atoms with Gasteiger partial charge >= 0.3 is 0 Å². The van der Waals surface area contributed by atoms with Gasteiger partial charge in [-0.3, -0.25) is 0 Å². The van der Waals surface area contributed by atoms with Crippen LogP contribution in [0.15, 0.2) is 164 Å². The maximum Gasteiger partial charge on any atom is 0.0547 e. The lowest BCUT2D eigenvalue weighted by Gasteiger charge is -2.22. The minimum absolute atomic E-state index is 0.0826. The van der Waals surface area contributed by atoms with Crippen LogP contribution in [0.5, 0.6) is 0 Å². The Balaban J connectivity index is 1.11. The normalized spacial score (nSPS) is 13.6. The molecule has 9 aromatic rings. The van der Waals surface area contributed by atoms with E-state index in [2.05, 4.69) is 182 Å². The lowest BCUT2D eigenvalue weighted by Crippen LogP contribution is -2.14. The highest BCUT2D eigenvalue weighted by Crippen LogP contribution is 2.53. The second-order valence-electron chi connectivity index (χ2n) is 14.5. The summed E-state index contributed by atoms with van der Waals surface area (Å²) in [6.07, 6.45) is 0. The molecule has 2 aliphatic carbocycles. The summed E-state index contributed by atoms with van der Waals surface area (Å²) in [5, 5.41) is 5.27. The van der Waals surface area contributed by atoms with Crippen LogP contribution in [-0.4, -0.2) is 4.57 Å². The summed E-state index contributed by atoms with van der Waals surface area (Å²) < 4.78 is 2.41. The average Bonchev–Trinajstić information content (AvgIpc) is 3.76. The Morgan fingerprint density at radius 3 is 1.66 bits per heavy atom. The van der Waals surface area contributed by atoms with Gasteiger partial charge in [-0.15, -0.1) is 0 Å². The molecule has 1 aromatic heterocycles. The maximum absolute atomic E-state index is 2.46. The number of benzene rings is 8. The van der Waals surface area contributed by atoms with Crippen LogP contribution in [0.3, 0.4) is 0 Å². The lowest BCUT2D eigenvalue weighted by atomic mass is 9.81. The van der Waals surface area contributed by atoms with Gasteiger partial charge in [0.25, 0.3) is 0 Å². The van der Waals surface area contributed by atoms with Crippen molar-refractivity contribution in [2.75, 3.05) is 0 Å². The summed E-state index contributed by atoms with van der Waals surface area (Å²) in [4.78, 5) is 0. The van der Waals surface area contributed by atoms with Gasteiger partial charge in [0.05, 0.1) is 11.0 Å². The topological polar surface area (TPSA) is 4.93 Å². The SMILES string of the molecule is CC1(C)c2ccc(-c3ccc4c5c(cccc35)-c3ccccc3-4)cc2-c2cc(-c3cccc4c3c3ccccc3n4-c3ccccc3)ccc21. The van der Waals surface area contributed by atoms with Crippen molar-refractivity contribution >= 4 is 32.6 Å². The van der Waals surface area contributed by atoms with Crippen LogP contribution in [0.1, 0.15) is 25.0 Å². The molecule has 0 fully saturated rings. The summed E-state index contributed by atoms with van der Waals surface area (Å²) in [5.41, 5.74) is 19.5. The van der Waals surface area contributed by atoms with Gasteiger partial charge in [-0.1, -0.05) is 141 Å². The van der Waals surface area contributed by atoms with E-state index in [-0.39, 0.29) is 5.41 Å². The van der Waals surface area contributed by atoms with Crippen molar-refractivity contribution in [2.45, 2.75) is 19.3 Å². The zero-order chi connectivity index (χ0) is 33.1. The first-order valence-corrected chi connectivity index (χ1v) is 17.6. The molecule has 1 heterocycles. The van der Waals surface area contributed by atoms with Crippen LogP contribution >= 0.6 is 0 Å². The summed E-state index contributed by atoms with van der Waals surface area (Å²) in [7, 11) is 0. The molecule has 1 nitrogen and oxygen atoms in total. The predicted octanol–water partition coefficient (Wildman–Crippen LogP) is 13.2. The molecule has 0 N–H and O–H groups in total. The number of rotatable bonds is 3. The molecule has 1 heteroatoms. The predicted molar refractivity (Wildman–Crippen MR) is 211 cm³/mol. The third-order valence-electron chi connectivity index (χ3n) is 11.6. The Morgan fingerprint density at radius 2 is 0.900 bits per heavy atom. The van der Waals surface area contributed by atoms with Crippen molar-refractivity contribution in [2.24, 2.45) is 0 Å². The number of para-hydroxylation sites is 2. The van der Waals surface area contributed by atoms with Crippen molar-refractivity contribution in [3.63, 3.8) is 0 Å². The fourth-order valence-electron chi connectivity index (χ4n) is 9.28. The first kappa shape index (κ1) is 27.7. The van der Waals surface area contributed by atoms with E-state index < -0.39 is 0 Å². The van der Waals surface area contributed by atoms with E-state index >= 15 is 0 Å². The van der Waals surface area contributed by atoms with Gasteiger partial charge < -0.3 is 4.57 Å². The fourth-order valence-corrected chi connectivity index (χ4v) is 9.28. The Kier molecular flexibility index (Phi) is 5.51. The molecule has 0 aliphatic heterocycles. The quantitative estimate of drug-likeness (QED) is 0.182. The molecule has 234 valence electrons. The largest absolute Gasteiger partial charge is 0.309 e. The summed E-state index contributed by atoms with van der Waals surface area (Å²) in [6, 6.07) is 61.0. The standard InChI is InChI=1S/C49H33N/c1-49(2)43-26-22-30(33-24-25-39-36-15-7-6-14-35(36)38-19-10-18-37(33)47(38)39)28-41(43)42-29-31(23-27-44(42)49)34-17-11-21-46-48(34)40-16-8-9-20-45(40)50(46)32-12-4-3-5-13-32/h3-29H,1-2H3. The molecule has 0 spiro atoms. The van der Waals surface area contributed by atoms with E-state index in [1.54, 1.807) is 0 Å². The molecule has 8 aromatic carbocycles. The van der Waals surface area contributed by atoms with Gasteiger partial charge in [0.1, 0.15) is 0 Å². The van der Waals surface area contributed by atoms with Crippen molar-refractivity contribution in [1.82, 2.24) is 4.57 Å². The number of hydrogen-bond acceptors (Lipinski definition) is 0. The number of fused-ring (bicyclic) bond motifs is 9. The van der Waals surface area contributed by atoms with Crippen LogP contribution in [0.25, 0.3) is 93.9 Å². The molecular formula is C49H33N. The zero-order valence-electron chi connectivity index (χ0n) is 28.0. The van der Waals surface area contributed by atoms with Crippen molar-refractivity contribution in [1.29, 1.82) is 0 Å². The second kappa shape index (κ2) is 9.94. The molecule has 0 unspecified atom stereocenters. The highest BCUT2D eigenvalue weighted by molar-refractivity contribution is 6.19. The Hall–Kier alpha value is -6.18. The second-order valence-corrected chi connectivity index (χ2v) is 14.5. The Bertz CT molecular complexity index is 2850. The molecule has 11 rings (SSSR count). The molecule has 0 amide bonds. The fraction of sp³-hybridized carbons (Fsp3) is 0.0612. The molecule has 50 heavy (non-hydrogen) atoms. The van der Waals surface area contributed by atoms with Crippen LogP contribution in [0.2, 0.25) is 0 Å². The van der Waals surface area contributed by atoms with Crippen LogP contribution in [0.4, 0.5) is 0 Å². The van der Waals surface area contributed by atoms with Crippen LogP contribution in [0, 0.1) is 0 Å².